The Kier molecular flexibility index (Phi) is 6.61. The predicted octanol–water partition coefficient (Wildman–Crippen LogP) is 5.09. The van der Waals surface area contributed by atoms with Crippen molar-refractivity contribution in [3.63, 3.8) is 0 Å². The molecular formula is C23H22N4OS2. The molecule has 2 heterocycles. The van der Waals surface area contributed by atoms with E-state index in [-0.39, 0.29) is 17.7 Å². The first-order valence-electron chi connectivity index (χ1n) is 9.68. The summed E-state index contributed by atoms with van der Waals surface area (Å²) in [5.74, 6) is 1.06. The van der Waals surface area contributed by atoms with E-state index in [4.69, 9.17) is 0 Å². The standard InChI is InChI=1S/C23H22N4OS2/c1-16(17-9-11-19(12-10-17)18-6-3-2-4-7-18)24-22(28)15-30-23-25-21(26-27-23)14-20-8-5-13-29-20/h2-13,16H,14-15H2,1H3,(H,24,28)(H,25,26,27). The van der Waals surface area contributed by atoms with E-state index >= 15 is 0 Å². The maximum Gasteiger partial charge on any atom is 0.230 e. The number of benzene rings is 2. The fourth-order valence-corrected chi connectivity index (χ4v) is 4.43. The van der Waals surface area contributed by atoms with Crippen molar-refractivity contribution in [2.45, 2.75) is 24.5 Å². The Hall–Kier alpha value is -2.90. The van der Waals surface area contributed by atoms with Crippen LogP contribution < -0.4 is 5.32 Å². The van der Waals surface area contributed by atoms with Crippen LogP contribution in [0.2, 0.25) is 0 Å². The zero-order chi connectivity index (χ0) is 20.8. The van der Waals surface area contributed by atoms with Gasteiger partial charge in [0.1, 0.15) is 5.82 Å². The maximum absolute atomic E-state index is 12.4. The number of thiophene rings is 1. The lowest BCUT2D eigenvalue weighted by Crippen LogP contribution is -2.28. The van der Waals surface area contributed by atoms with E-state index in [2.05, 4.69) is 63.0 Å². The number of aromatic nitrogens is 3. The van der Waals surface area contributed by atoms with Crippen LogP contribution in [0.5, 0.6) is 0 Å². The third kappa shape index (κ3) is 5.37. The minimum absolute atomic E-state index is 0.0377. The normalized spacial score (nSPS) is 11.9. The van der Waals surface area contributed by atoms with Gasteiger partial charge in [-0.3, -0.25) is 9.89 Å². The molecule has 2 N–H and O–H groups in total. The smallest absolute Gasteiger partial charge is 0.230 e. The van der Waals surface area contributed by atoms with E-state index in [0.717, 1.165) is 23.4 Å². The molecule has 5 nitrogen and oxygen atoms in total. The molecule has 0 saturated heterocycles. The molecule has 0 fully saturated rings. The van der Waals surface area contributed by atoms with Crippen molar-refractivity contribution < 1.29 is 4.79 Å². The molecule has 0 aliphatic rings. The number of aromatic amines is 1. The number of thioether (sulfide) groups is 1. The van der Waals surface area contributed by atoms with Gasteiger partial charge in [0.05, 0.1) is 11.8 Å². The van der Waals surface area contributed by atoms with E-state index in [9.17, 15) is 4.79 Å². The summed E-state index contributed by atoms with van der Waals surface area (Å²) >= 11 is 3.03. The monoisotopic (exact) mass is 434 g/mol. The summed E-state index contributed by atoms with van der Waals surface area (Å²) in [5, 5.41) is 12.8. The number of H-pyrrole nitrogens is 1. The molecule has 2 aromatic heterocycles. The lowest BCUT2D eigenvalue weighted by atomic mass is 10.0. The first-order valence-corrected chi connectivity index (χ1v) is 11.5. The summed E-state index contributed by atoms with van der Waals surface area (Å²) in [6.07, 6.45) is 0.730. The van der Waals surface area contributed by atoms with Crippen LogP contribution in [0, 0.1) is 0 Å². The van der Waals surface area contributed by atoms with Crippen molar-refractivity contribution >= 4 is 29.0 Å². The average molecular weight is 435 g/mol. The molecule has 0 saturated carbocycles. The Morgan fingerprint density at radius 3 is 2.57 bits per heavy atom. The number of hydrogen-bond acceptors (Lipinski definition) is 5. The van der Waals surface area contributed by atoms with Crippen LogP contribution in [0.15, 0.2) is 77.3 Å². The lowest BCUT2D eigenvalue weighted by Gasteiger charge is -2.14. The molecule has 4 aromatic rings. The highest BCUT2D eigenvalue weighted by molar-refractivity contribution is 7.99. The number of nitrogens with one attached hydrogen (secondary N) is 2. The molecule has 1 atom stereocenters. The highest BCUT2D eigenvalue weighted by atomic mass is 32.2. The van der Waals surface area contributed by atoms with Crippen molar-refractivity contribution in [1.29, 1.82) is 0 Å². The first kappa shape index (κ1) is 20.4. The van der Waals surface area contributed by atoms with Crippen LogP contribution in [0.25, 0.3) is 11.1 Å². The highest BCUT2D eigenvalue weighted by Gasteiger charge is 2.12. The average Bonchev–Trinajstić information content (AvgIpc) is 3.45. The topological polar surface area (TPSA) is 70.7 Å². The lowest BCUT2D eigenvalue weighted by molar-refractivity contribution is -0.119. The van der Waals surface area contributed by atoms with Gasteiger partial charge < -0.3 is 5.32 Å². The van der Waals surface area contributed by atoms with E-state index < -0.39 is 0 Å². The highest BCUT2D eigenvalue weighted by Crippen LogP contribution is 2.22. The fourth-order valence-electron chi connectivity index (χ4n) is 3.09. The second kappa shape index (κ2) is 9.73. The molecule has 0 spiro atoms. The van der Waals surface area contributed by atoms with E-state index in [1.807, 2.05) is 36.6 Å². The van der Waals surface area contributed by atoms with E-state index in [1.165, 1.54) is 22.2 Å². The zero-order valence-corrected chi connectivity index (χ0v) is 18.2. The fraction of sp³-hybridized carbons (Fsp3) is 0.174. The Bertz CT molecular complexity index is 1080. The summed E-state index contributed by atoms with van der Waals surface area (Å²) in [6, 6.07) is 22.6. The molecule has 0 aliphatic heterocycles. The number of carbonyl (C=O) groups excluding carboxylic acids is 1. The molecule has 4 rings (SSSR count). The van der Waals surface area contributed by atoms with Crippen LogP contribution >= 0.6 is 23.1 Å². The molecule has 7 heteroatoms. The molecule has 30 heavy (non-hydrogen) atoms. The van der Waals surface area contributed by atoms with Crippen LogP contribution in [-0.4, -0.2) is 26.8 Å². The number of hydrogen-bond donors (Lipinski definition) is 2. The van der Waals surface area contributed by atoms with Gasteiger partial charge in [-0.1, -0.05) is 72.4 Å². The van der Waals surface area contributed by atoms with Gasteiger partial charge >= 0.3 is 0 Å². The van der Waals surface area contributed by atoms with Gasteiger partial charge in [-0.15, -0.1) is 16.4 Å². The summed E-state index contributed by atoms with van der Waals surface area (Å²) in [5.41, 5.74) is 3.42. The molecule has 0 radical (unpaired) electrons. The maximum atomic E-state index is 12.4. The molecule has 152 valence electrons. The third-order valence-corrected chi connectivity index (χ3v) is 6.38. The van der Waals surface area contributed by atoms with E-state index in [0.29, 0.717) is 5.16 Å². The van der Waals surface area contributed by atoms with Crippen molar-refractivity contribution in [2.75, 3.05) is 5.75 Å². The Balaban J connectivity index is 1.27. The third-order valence-electron chi connectivity index (χ3n) is 4.66. The molecule has 0 bridgehead atoms. The van der Waals surface area contributed by atoms with Gasteiger partial charge in [-0.05, 0) is 35.1 Å². The Morgan fingerprint density at radius 1 is 1.07 bits per heavy atom. The van der Waals surface area contributed by atoms with Gasteiger partial charge in [0, 0.05) is 11.3 Å². The molecule has 2 aromatic carbocycles. The van der Waals surface area contributed by atoms with Gasteiger partial charge in [-0.2, -0.15) is 0 Å². The largest absolute Gasteiger partial charge is 0.349 e. The molecule has 0 aliphatic carbocycles. The van der Waals surface area contributed by atoms with Gasteiger partial charge in [0.2, 0.25) is 11.1 Å². The summed E-state index contributed by atoms with van der Waals surface area (Å²) in [4.78, 5) is 18.0. The SMILES string of the molecule is CC(NC(=O)CSc1n[nH]c(Cc2cccs2)n1)c1ccc(-c2ccccc2)cc1. The minimum atomic E-state index is -0.0653. The quantitative estimate of drug-likeness (QED) is 0.379. The molecule has 1 unspecified atom stereocenters. The number of rotatable bonds is 8. The number of carbonyl (C=O) groups is 1. The van der Waals surface area contributed by atoms with Crippen molar-refractivity contribution in [1.82, 2.24) is 20.5 Å². The summed E-state index contributed by atoms with van der Waals surface area (Å²) in [7, 11) is 0. The van der Waals surface area contributed by atoms with Crippen molar-refractivity contribution in [3.8, 4) is 11.1 Å². The number of amides is 1. The van der Waals surface area contributed by atoms with Crippen LogP contribution in [-0.2, 0) is 11.2 Å². The Labute approximate surface area is 184 Å². The van der Waals surface area contributed by atoms with E-state index in [1.54, 1.807) is 11.3 Å². The summed E-state index contributed by atoms with van der Waals surface area (Å²) in [6.45, 7) is 1.99. The predicted molar refractivity (Wildman–Crippen MR) is 123 cm³/mol. The zero-order valence-electron chi connectivity index (χ0n) is 16.5. The molecule has 1 amide bonds. The van der Waals surface area contributed by atoms with Gasteiger partial charge in [0.25, 0.3) is 0 Å². The summed E-state index contributed by atoms with van der Waals surface area (Å²) < 4.78 is 0. The van der Waals surface area contributed by atoms with Crippen LogP contribution in [0.4, 0.5) is 0 Å². The van der Waals surface area contributed by atoms with Gasteiger partial charge in [-0.25, -0.2) is 4.98 Å². The number of nitrogens with zero attached hydrogens (tertiary/aromatic N) is 2. The molecular weight excluding hydrogens is 412 g/mol. The van der Waals surface area contributed by atoms with Gasteiger partial charge in [0.15, 0.2) is 0 Å². The second-order valence-corrected chi connectivity index (χ2v) is 8.86. The second-order valence-electron chi connectivity index (χ2n) is 6.89. The van der Waals surface area contributed by atoms with Crippen molar-refractivity contribution in [3.05, 3.63) is 88.4 Å². The first-order chi connectivity index (χ1) is 14.7. The van der Waals surface area contributed by atoms with Crippen LogP contribution in [0.3, 0.4) is 0 Å². The Morgan fingerprint density at radius 2 is 1.83 bits per heavy atom. The van der Waals surface area contributed by atoms with Crippen molar-refractivity contribution in [2.24, 2.45) is 0 Å². The van der Waals surface area contributed by atoms with Crippen LogP contribution in [0.1, 0.15) is 29.2 Å². The minimum Gasteiger partial charge on any atom is -0.349 e.